The standard InChI is InChI=1S/C12H23N3O3/c1-8(2)10(11(16)17)14-12(18)15(3)9-4-6-13-7-5-9/h8-10,13H,4-7H2,1-3H3,(H,14,18)(H,16,17)/t10-/m1/s1. The van der Waals surface area contributed by atoms with Gasteiger partial charge in [-0.1, -0.05) is 13.8 Å². The Hall–Kier alpha value is -1.30. The molecule has 0 bridgehead atoms. The highest BCUT2D eigenvalue weighted by atomic mass is 16.4. The number of nitrogens with zero attached hydrogens (tertiary/aromatic N) is 1. The number of hydrogen-bond donors (Lipinski definition) is 3. The molecule has 0 spiro atoms. The first-order valence-corrected chi connectivity index (χ1v) is 6.40. The SMILES string of the molecule is CC(C)[C@@H](NC(=O)N(C)C1CCNCC1)C(=O)O. The van der Waals surface area contributed by atoms with Gasteiger partial charge in [0.1, 0.15) is 6.04 Å². The van der Waals surface area contributed by atoms with Gasteiger partial charge in [-0.25, -0.2) is 9.59 Å². The van der Waals surface area contributed by atoms with Crippen LogP contribution >= 0.6 is 0 Å². The minimum absolute atomic E-state index is 0.132. The lowest BCUT2D eigenvalue weighted by molar-refractivity contribution is -0.140. The molecule has 1 heterocycles. The van der Waals surface area contributed by atoms with Gasteiger partial charge < -0.3 is 20.6 Å². The lowest BCUT2D eigenvalue weighted by Gasteiger charge is -2.32. The zero-order valence-electron chi connectivity index (χ0n) is 11.3. The molecule has 1 rings (SSSR count). The van der Waals surface area contributed by atoms with Gasteiger partial charge >= 0.3 is 12.0 Å². The molecular formula is C12H23N3O3. The van der Waals surface area contributed by atoms with Crippen molar-refractivity contribution in [3.8, 4) is 0 Å². The van der Waals surface area contributed by atoms with Crippen molar-refractivity contribution in [2.75, 3.05) is 20.1 Å². The lowest BCUT2D eigenvalue weighted by Crippen LogP contribution is -2.53. The van der Waals surface area contributed by atoms with Gasteiger partial charge in [0.25, 0.3) is 0 Å². The lowest BCUT2D eigenvalue weighted by atomic mass is 10.0. The van der Waals surface area contributed by atoms with Gasteiger partial charge in [-0.2, -0.15) is 0 Å². The second-order valence-electron chi connectivity index (χ2n) is 5.10. The fraction of sp³-hybridized carbons (Fsp3) is 0.833. The van der Waals surface area contributed by atoms with Crippen LogP contribution in [0.2, 0.25) is 0 Å². The normalized spacial score (nSPS) is 18.4. The van der Waals surface area contributed by atoms with Crippen molar-refractivity contribution in [3.05, 3.63) is 0 Å². The highest BCUT2D eigenvalue weighted by Gasteiger charge is 2.27. The number of carbonyl (C=O) groups excluding carboxylic acids is 1. The maximum Gasteiger partial charge on any atom is 0.326 e. The van der Waals surface area contributed by atoms with E-state index in [9.17, 15) is 9.59 Å². The van der Waals surface area contributed by atoms with Crippen molar-refractivity contribution in [2.24, 2.45) is 5.92 Å². The number of carboxylic acids is 1. The number of urea groups is 1. The molecule has 1 atom stereocenters. The van der Waals surface area contributed by atoms with Crippen LogP contribution in [0.3, 0.4) is 0 Å². The average molecular weight is 257 g/mol. The van der Waals surface area contributed by atoms with Crippen molar-refractivity contribution < 1.29 is 14.7 Å². The van der Waals surface area contributed by atoms with E-state index in [0.29, 0.717) is 0 Å². The Balaban J connectivity index is 2.54. The predicted molar refractivity (Wildman–Crippen MR) is 68.4 cm³/mol. The summed E-state index contributed by atoms with van der Waals surface area (Å²) in [5, 5.41) is 14.9. The predicted octanol–water partition coefficient (Wildman–Crippen LogP) is 0.489. The zero-order chi connectivity index (χ0) is 13.7. The van der Waals surface area contributed by atoms with E-state index in [2.05, 4.69) is 10.6 Å². The highest BCUT2D eigenvalue weighted by Crippen LogP contribution is 2.11. The first-order chi connectivity index (χ1) is 8.43. The van der Waals surface area contributed by atoms with Crippen molar-refractivity contribution in [1.82, 2.24) is 15.5 Å². The molecule has 6 heteroatoms. The van der Waals surface area contributed by atoms with E-state index in [0.717, 1.165) is 25.9 Å². The van der Waals surface area contributed by atoms with Gasteiger partial charge in [-0.3, -0.25) is 0 Å². The van der Waals surface area contributed by atoms with Gasteiger partial charge in [0.15, 0.2) is 0 Å². The molecule has 0 saturated carbocycles. The Morgan fingerprint density at radius 2 is 1.89 bits per heavy atom. The summed E-state index contributed by atoms with van der Waals surface area (Å²) in [5.41, 5.74) is 0. The molecule has 1 saturated heterocycles. The first kappa shape index (κ1) is 14.8. The minimum Gasteiger partial charge on any atom is -0.480 e. The number of piperidine rings is 1. The molecule has 0 radical (unpaired) electrons. The number of nitrogens with one attached hydrogen (secondary N) is 2. The number of amides is 2. The van der Waals surface area contributed by atoms with Gasteiger partial charge in [0, 0.05) is 13.1 Å². The van der Waals surface area contributed by atoms with Gasteiger partial charge in [0.05, 0.1) is 0 Å². The van der Waals surface area contributed by atoms with Crippen LogP contribution in [0.5, 0.6) is 0 Å². The van der Waals surface area contributed by atoms with Crippen LogP contribution in [0.4, 0.5) is 4.79 Å². The zero-order valence-corrected chi connectivity index (χ0v) is 11.3. The van der Waals surface area contributed by atoms with E-state index in [1.165, 1.54) is 0 Å². The van der Waals surface area contributed by atoms with Crippen LogP contribution in [0.1, 0.15) is 26.7 Å². The maximum atomic E-state index is 12.0. The number of rotatable bonds is 4. The monoisotopic (exact) mass is 257 g/mol. The molecule has 6 nitrogen and oxygen atoms in total. The summed E-state index contributed by atoms with van der Waals surface area (Å²) in [6.07, 6.45) is 1.81. The van der Waals surface area contributed by atoms with Gasteiger partial charge in [0.2, 0.25) is 0 Å². The molecule has 0 unspecified atom stereocenters. The molecule has 0 aromatic carbocycles. The smallest absolute Gasteiger partial charge is 0.326 e. The largest absolute Gasteiger partial charge is 0.480 e. The highest BCUT2D eigenvalue weighted by molar-refractivity contribution is 5.82. The van der Waals surface area contributed by atoms with Gasteiger partial charge in [-0.05, 0) is 31.8 Å². The third-order valence-corrected chi connectivity index (χ3v) is 3.39. The second-order valence-corrected chi connectivity index (χ2v) is 5.10. The topological polar surface area (TPSA) is 81.7 Å². The Labute approximate surface area is 108 Å². The Bertz CT molecular complexity index is 301. The molecule has 2 amide bonds. The molecule has 1 fully saturated rings. The molecule has 0 aromatic heterocycles. The maximum absolute atomic E-state index is 12.0. The fourth-order valence-corrected chi connectivity index (χ4v) is 2.11. The van der Waals surface area contributed by atoms with Crippen LogP contribution in [0.25, 0.3) is 0 Å². The number of hydrogen-bond acceptors (Lipinski definition) is 3. The molecule has 1 aliphatic rings. The summed E-state index contributed by atoms with van der Waals surface area (Å²) in [6, 6.07) is -0.947. The van der Waals surface area contributed by atoms with E-state index in [4.69, 9.17) is 5.11 Å². The summed E-state index contributed by atoms with van der Waals surface area (Å²) in [4.78, 5) is 24.6. The number of carboxylic acid groups (broad SMARTS) is 1. The Morgan fingerprint density at radius 1 is 1.33 bits per heavy atom. The molecule has 0 aliphatic carbocycles. The minimum atomic E-state index is -0.989. The third-order valence-electron chi connectivity index (χ3n) is 3.39. The van der Waals surface area contributed by atoms with E-state index in [1.54, 1.807) is 25.8 Å². The summed E-state index contributed by atoms with van der Waals surface area (Å²) in [7, 11) is 1.73. The molecule has 104 valence electrons. The summed E-state index contributed by atoms with van der Waals surface area (Å²) >= 11 is 0. The fourth-order valence-electron chi connectivity index (χ4n) is 2.11. The summed E-state index contributed by atoms with van der Waals surface area (Å²) in [6.45, 7) is 5.36. The van der Waals surface area contributed by atoms with Crippen molar-refractivity contribution >= 4 is 12.0 Å². The average Bonchev–Trinajstić information content (AvgIpc) is 2.35. The summed E-state index contributed by atoms with van der Waals surface area (Å²) in [5.74, 6) is -1.12. The molecule has 3 N–H and O–H groups in total. The number of carbonyl (C=O) groups is 2. The molecule has 0 aromatic rings. The Morgan fingerprint density at radius 3 is 2.33 bits per heavy atom. The van der Waals surface area contributed by atoms with Crippen LogP contribution in [0, 0.1) is 5.92 Å². The van der Waals surface area contributed by atoms with E-state index >= 15 is 0 Å². The van der Waals surface area contributed by atoms with Crippen LogP contribution in [-0.2, 0) is 4.79 Å². The first-order valence-electron chi connectivity index (χ1n) is 6.40. The van der Waals surface area contributed by atoms with Gasteiger partial charge in [-0.15, -0.1) is 0 Å². The quantitative estimate of drug-likeness (QED) is 0.684. The van der Waals surface area contributed by atoms with Crippen LogP contribution in [0.15, 0.2) is 0 Å². The van der Waals surface area contributed by atoms with Crippen LogP contribution in [-0.4, -0.2) is 54.2 Å². The summed E-state index contributed by atoms with van der Waals surface area (Å²) < 4.78 is 0. The molecule has 1 aliphatic heterocycles. The molecular weight excluding hydrogens is 234 g/mol. The van der Waals surface area contributed by atoms with E-state index < -0.39 is 12.0 Å². The van der Waals surface area contributed by atoms with Crippen molar-refractivity contribution in [3.63, 3.8) is 0 Å². The van der Waals surface area contributed by atoms with E-state index in [1.807, 2.05) is 0 Å². The molecule has 18 heavy (non-hydrogen) atoms. The van der Waals surface area contributed by atoms with E-state index in [-0.39, 0.29) is 18.0 Å². The second kappa shape index (κ2) is 6.58. The third kappa shape index (κ3) is 3.87. The number of aliphatic carboxylic acids is 1. The van der Waals surface area contributed by atoms with Crippen molar-refractivity contribution in [1.29, 1.82) is 0 Å². The van der Waals surface area contributed by atoms with Crippen molar-refractivity contribution in [2.45, 2.75) is 38.8 Å². The van der Waals surface area contributed by atoms with Crippen LogP contribution < -0.4 is 10.6 Å². The Kier molecular flexibility index (Phi) is 5.40.